The number of rotatable bonds is 8. The Kier molecular flexibility index (Phi) is 17.8. The normalized spacial score (nSPS) is 19.6. The average Bonchev–Trinajstić information content (AvgIpc) is 3.29. The number of aliphatic imine (C=N–C) groups is 1. The minimum absolute atomic E-state index is 0.0367. The maximum atomic E-state index is 13.4. The van der Waals surface area contributed by atoms with Crippen LogP contribution in [0.1, 0.15) is 135 Å². The van der Waals surface area contributed by atoms with Gasteiger partial charge < -0.3 is 10.6 Å². The van der Waals surface area contributed by atoms with Crippen molar-refractivity contribution in [1.29, 1.82) is 0 Å². The van der Waals surface area contributed by atoms with Crippen molar-refractivity contribution in [3.8, 4) is 0 Å². The molecule has 256 valence electrons. The Morgan fingerprint density at radius 2 is 1.51 bits per heavy atom. The topological polar surface area (TPSA) is 75.8 Å². The molecule has 0 bridgehead atoms. The maximum absolute atomic E-state index is 13.4. The van der Waals surface area contributed by atoms with Gasteiger partial charge in [-0.25, -0.2) is 8.78 Å². The van der Waals surface area contributed by atoms with Gasteiger partial charge in [-0.05, 0) is 82.4 Å². The molecule has 2 saturated carbocycles. The molecule has 45 heavy (non-hydrogen) atoms. The predicted molar refractivity (Wildman–Crippen MR) is 186 cm³/mol. The zero-order valence-corrected chi connectivity index (χ0v) is 30.0. The number of nitrogens with zero attached hydrogens (tertiary/aromatic N) is 2. The van der Waals surface area contributed by atoms with Crippen LogP contribution in [0.25, 0.3) is 0 Å². The lowest BCUT2D eigenvalue weighted by atomic mass is 9.92. The van der Waals surface area contributed by atoms with Gasteiger partial charge in [0, 0.05) is 36.2 Å². The summed E-state index contributed by atoms with van der Waals surface area (Å²) in [7, 11) is 0. The van der Waals surface area contributed by atoms with E-state index in [0.29, 0.717) is 38.8 Å². The Bertz CT molecular complexity index is 1110. The van der Waals surface area contributed by atoms with Crippen molar-refractivity contribution in [3.05, 3.63) is 46.2 Å². The van der Waals surface area contributed by atoms with Crippen molar-refractivity contribution in [2.24, 2.45) is 22.1 Å². The van der Waals surface area contributed by atoms with Gasteiger partial charge in [0.2, 0.25) is 0 Å². The van der Waals surface area contributed by atoms with E-state index in [2.05, 4.69) is 78.6 Å². The number of Topliss-reactive ketones (excluding diaryl/α,β-unsaturated/α-hetero) is 1. The minimum atomic E-state index is -2.57. The lowest BCUT2D eigenvalue weighted by molar-refractivity contribution is -0.129. The second kappa shape index (κ2) is 19.8. The predicted octanol–water partition coefficient (Wildman–Crippen LogP) is 9.70. The number of aryl methyl sites for hydroxylation is 2. The van der Waals surface area contributed by atoms with Crippen LogP contribution in [0.3, 0.4) is 0 Å². The Hall–Kier alpha value is -2.57. The number of hydrogen-bond donors (Lipinski definition) is 1. The molecule has 1 aliphatic heterocycles. The number of halogens is 2. The van der Waals surface area contributed by atoms with Gasteiger partial charge in [-0.1, -0.05) is 91.3 Å². The Morgan fingerprint density at radius 1 is 0.956 bits per heavy atom. The first-order valence-corrected chi connectivity index (χ1v) is 17.4. The van der Waals surface area contributed by atoms with Gasteiger partial charge in [-0.2, -0.15) is 0 Å². The van der Waals surface area contributed by atoms with Gasteiger partial charge in [0.25, 0.3) is 11.8 Å². The SMILES string of the molecule is CC(=O)CN=C1CCC/C1=C(/N)C(=O)N1CCC2(CC1)CC2(F)F.CCCC.CCCCCC(C)C.Cc1cccc(C)c1C. The van der Waals surface area contributed by atoms with Crippen LogP contribution in [-0.2, 0) is 9.59 Å². The summed E-state index contributed by atoms with van der Waals surface area (Å²) in [6.45, 7) is 19.8. The number of piperidine rings is 1. The van der Waals surface area contributed by atoms with E-state index in [1.165, 1.54) is 62.1 Å². The molecule has 3 aliphatic rings. The van der Waals surface area contributed by atoms with E-state index in [0.717, 1.165) is 23.6 Å². The van der Waals surface area contributed by atoms with Crippen LogP contribution in [0.5, 0.6) is 0 Å². The lowest BCUT2D eigenvalue weighted by Gasteiger charge is -2.32. The summed E-state index contributed by atoms with van der Waals surface area (Å²) in [5, 5.41) is 0. The fourth-order valence-corrected chi connectivity index (χ4v) is 5.46. The summed E-state index contributed by atoms with van der Waals surface area (Å²) in [5.74, 6) is -1.99. The summed E-state index contributed by atoms with van der Waals surface area (Å²) < 4.78 is 26.9. The van der Waals surface area contributed by atoms with E-state index in [1.54, 1.807) is 4.90 Å². The summed E-state index contributed by atoms with van der Waals surface area (Å²) >= 11 is 0. The molecular formula is C38H63F2N3O2. The zero-order valence-electron chi connectivity index (χ0n) is 30.0. The van der Waals surface area contributed by atoms with Crippen molar-refractivity contribution in [2.45, 2.75) is 145 Å². The molecule has 4 rings (SSSR count). The number of amides is 1. The molecule has 1 saturated heterocycles. The van der Waals surface area contributed by atoms with E-state index in [4.69, 9.17) is 5.73 Å². The summed E-state index contributed by atoms with van der Waals surface area (Å²) in [6, 6.07) is 6.38. The number of unbranched alkanes of at least 4 members (excludes halogenated alkanes) is 3. The Labute approximate surface area is 273 Å². The van der Waals surface area contributed by atoms with Crippen LogP contribution in [-0.4, -0.2) is 47.9 Å². The van der Waals surface area contributed by atoms with E-state index < -0.39 is 11.3 Å². The standard InChI is InChI=1S/C17H23F2N3O2.C9H12.C8H18.C4H10/c1-11(23)9-21-13-4-2-3-12(13)14(20)15(24)22-7-5-16(6-8-22)10-17(16,18)19;1-7-5-4-6-8(2)9(7)3;1-4-5-6-7-8(2)3;1-3-4-2/h2-10,20H2,1H3;4-6H,1-3H3;8H,4-7H2,1-3H3;3-4H2,1-2H3/b14-12-,21-13?;;;. The third-order valence-electron chi connectivity index (χ3n) is 9.22. The summed E-state index contributed by atoms with van der Waals surface area (Å²) in [4.78, 5) is 29.5. The first-order chi connectivity index (χ1) is 21.2. The molecule has 7 heteroatoms. The maximum Gasteiger partial charge on any atom is 0.270 e. The Morgan fingerprint density at radius 3 is 1.93 bits per heavy atom. The highest BCUT2D eigenvalue weighted by atomic mass is 19.3. The molecule has 0 atom stereocenters. The number of likely N-dealkylation sites (tertiary alicyclic amines) is 1. The molecule has 1 heterocycles. The quantitative estimate of drug-likeness (QED) is 0.229. The molecule has 5 nitrogen and oxygen atoms in total. The minimum Gasteiger partial charge on any atom is -0.394 e. The molecule has 3 fully saturated rings. The number of carbonyl (C=O) groups is 2. The highest BCUT2D eigenvalue weighted by Gasteiger charge is 2.70. The molecule has 0 radical (unpaired) electrons. The third-order valence-corrected chi connectivity index (χ3v) is 9.22. The molecule has 1 aromatic rings. The summed E-state index contributed by atoms with van der Waals surface area (Å²) in [5.41, 5.74) is 11.0. The van der Waals surface area contributed by atoms with E-state index in [-0.39, 0.29) is 30.4 Å². The van der Waals surface area contributed by atoms with Crippen LogP contribution < -0.4 is 5.73 Å². The number of benzene rings is 1. The molecule has 2 N–H and O–H groups in total. The molecule has 1 amide bonds. The van der Waals surface area contributed by atoms with Gasteiger partial charge in [0.1, 0.15) is 5.70 Å². The fourth-order valence-electron chi connectivity index (χ4n) is 5.46. The van der Waals surface area contributed by atoms with Gasteiger partial charge in [0.05, 0.1) is 6.54 Å². The smallest absolute Gasteiger partial charge is 0.270 e. The van der Waals surface area contributed by atoms with Gasteiger partial charge in [-0.3, -0.25) is 14.6 Å². The fraction of sp³-hybridized carbons (Fsp3) is 0.711. The second-order valence-corrected chi connectivity index (χ2v) is 13.6. The molecular weight excluding hydrogens is 568 g/mol. The molecule has 2 aliphatic carbocycles. The largest absolute Gasteiger partial charge is 0.394 e. The second-order valence-electron chi connectivity index (χ2n) is 13.6. The first-order valence-electron chi connectivity index (χ1n) is 17.4. The Balaban J connectivity index is 0.000000394. The molecule has 1 aromatic carbocycles. The number of carbonyl (C=O) groups excluding carboxylic acids is 2. The molecule has 0 aromatic heterocycles. The van der Waals surface area contributed by atoms with Crippen LogP contribution in [0.15, 0.2) is 34.5 Å². The van der Waals surface area contributed by atoms with Crippen molar-refractivity contribution in [1.82, 2.24) is 4.90 Å². The van der Waals surface area contributed by atoms with E-state index in [1.807, 2.05) is 0 Å². The van der Waals surface area contributed by atoms with E-state index in [9.17, 15) is 18.4 Å². The van der Waals surface area contributed by atoms with Crippen LogP contribution in [0.2, 0.25) is 0 Å². The molecule has 0 unspecified atom stereocenters. The monoisotopic (exact) mass is 631 g/mol. The number of ketones is 1. The molecule has 1 spiro atoms. The highest BCUT2D eigenvalue weighted by molar-refractivity contribution is 6.09. The number of allylic oxidation sites excluding steroid dienone is 1. The average molecular weight is 632 g/mol. The number of alkyl halides is 2. The van der Waals surface area contributed by atoms with E-state index >= 15 is 0 Å². The summed E-state index contributed by atoms with van der Waals surface area (Å²) in [6.07, 6.45) is 11.1. The van der Waals surface area contributed by atoms with Crippen LogP contribution >= 0.6 is 0 Å². The van der Waals surface area contributed by atoms with Crippen molar-refractivity contribution in [3.63, 3.8) is 0 Å². The van der Waals surface area contributed by atoms with Gasteiger partial charge >= 0.3 is 0 Å². The van der Waals surface area contributed by atoms with Gasteiger partial charge in [0.15, 0.2) is 5.78 Å². The first kappa shape index (κ1) is 40.5. The zero-order chi connectivity index (χ0) is 34.2. The van der Waals surface area contributed by atoms with Crippen LogP contribution in [0.4, 0.5) is 8.78 Å². The van der Waals surface area contributed by atoms with Crippen molar-refractivity contribution in [2.75, 3.05) is 19.6 Å². The highest BCUT2D eigenvalue weighted by Crippen LogP contribution is 2.65. The lowest BCUT2D eigenvalue weighted by Crippen LogP contribution is -2.43. The van der Waals surface area contributed by atoms with Crippen LogP contribution in [0, 0.1) is 32.1 Å². The van der Waals surface area contributed by atoms with Crippen molar-refractivity contribution < 1.29 is 18.4 Å². The van der Waals surface area contributed by atoms with Gasteiger partial charge in [-0.15, -0.1) is 0 Å². The number of hydrogen-bond acceptors (Lipinski definition) is 4. The third kappa shape index (κ3) is 13.4. The number of nitrogens with two attached hydrogens (primary N) is 1. The van der Waals surface area contributed by atoms with Crippen molar-refractivity contribution >= 4 is 17.4 Å².